The molecule has 19 heteroatoms. The van der Waals surface area contributed by atoms with Gasteiger partial charge < -0.3 is 15.4 Å². The van der Waals surface area contributed by atoms with Gasteiger partial charge in [-0.3, -0.25) is 29.9 Å². The number of ether oxygens (including phenoxy) is 1. The molecule has 0 aliphatic carbocycles. The zero-order valence-corrected chi connectivity index (χ0v) is 33.2. The highest BCUT2D eigenvalue weighted by Gasteiger charge is 2.44. The predicted molar refractivity (Wildman–Crippen MR) is 223 cm³/mol. The molecule has 13 nitrogen and oxygen atoms in total. The minimum Gasteiger partial charge on any atom is -0.497 e. The third kappa shape index (κ3) is 8.89. The third-order valence-electron chi connectivity index (χ3n) is 9.94. The largest absolute Gasteiger partial charge is 0.497 e. The van der Waals surface area contributed by atoms with Gasteiger partial charge in [0.25, 0.3) is 0 Å². The van der Waals surface area contributed by atoms with Crippen LogP contribution in [0.2, 0.25) is 0 Å². The maximum Gasteiger partial charge on any atom is 0.418 e. The Morgan fingerprint density at radius 3 is 1.94 bits per heavy atom. The van der Waals surface area contributed by atoms with Crippen LogP contribution in [0.4, 0.5) is 47.3 Å². The van der Waals surface area contributed by atoms with Crippen molar-refractivity contribution >= 4 is 45.2 Å². The van der Waals surface area contributed by atoms with E-state index in [1.165, 1.54) is 80.6 Å². The maximum absolute atomic E-state index is 15.4. The Morgan fingerprint density at radius 2 is 1.25 bits per heavy atom. The SMILES string of the molecule is COc1ccc2cc(C(c3ncccc3C(F)(F)F)N(C(=O)Nc3cccnc3)N(C(=O)NC(c3ccc4ncccc4c3)c3ncccc3C(F)(F)F)c3cccnc3)cnc2c1. The first-order valence-electron chi connectivity index (χ1n) is 19.1. The molecular weight excluding hydrogens is 843 g/mol. The number of hydrazine groups is 1. The number of alkyl halides is 6. The molecule has 6 heterocycles. The fraction of sp³-hybridized carbons (Fsp3) is 0.111. The number of hydrogen-bond acceptors (Lipinski definition) is 9. The second-order valence-electron chi connectivity index (χ2n) is 14.0. The van der Waals surface area contributed by atoms with Crippen LogP contribution in [-0.2, 0) is 12.4 Å². The van der Waals surface area contributed by atoms with Crippen LogP contribution in [0.25, 0.3) is 21.8 Å². The molecule has 2 aromatic carbocycles. The summed E-state index contributed by atoms with van der Waals surface area (Å²) in [6.45, 7) is 0. The summed E-state index contributed by atoms with van der Waals surface area (Å²) < 4.78 is 95.1. The van der Waals surface area contributed by atoms with Gasteiger partial charge in [0, 0.05) is 59.6 Å². The molecular formula is C45H32F6N10O3. The van der Waals surface area contributed by atoms with E-state index < -0.39 is 59.0 Å². The van der Waals surface area contributed by atoms with Crippen LogP contribution in [0.15, 0.2) is 153 Å². The van der Waals surface area contributed by atoms with Crippen molar-refractivity contribution in [2.75, 3.05) is 17.4 Å². The molecule has 2 atom stereocenters. The van der Waals surface area contributed by atoms with Crippen molar-refractivity contribution in [1.29, 1.82) is 0 Å². The molecule has 6 aromatic heterocycles. The summed E-state index contributed by atoms with van der Waals surface area (Å²) in [4.78, 5) is 55.8. The van der Waals surface area contributed by atoms with Gasteiger partial charge in [0.1, 0.15) is 11.8 Å². The van der Waals surface area contributed by atoms with E-state index >= 15 is 22.8 Å². The Bertz CT molecular complexity index is 2960. The molecule has 8 aromatic rings. The molecule has 64 heavy (non-hydrogen) atoms. The summed E-state index contributed by atoms with van der Waals surface area (Å²) in [5.41, 5.74) is -3.05. The number of urea groups is 2. The number of amides is 4. The van der Waals surface area contributed by atoms with Crippen molar-refractivity contribution in [3.8, 4) is 5.75 Å². The Morgan fingerprint density at radius 1 is 0.609 bits per heavy atom. The summed E-state index contributed by atoms with van der Waals surface area (Å²) in [6.07, 6.45) is 0.108. The second-order valence-corrected chi connectivity index (χ2v) is 14.0. The van der Waals surface area contributed by atoms with E-state index in [0.29, 0.717) is 37.6 Å². The molecule has 0 bridgehead atoms. The molecule has 2 unspecified atom stereocenters. The first-order chi connectivity index (χ1) is 30.8. The van der Waals surface area contributed by atoms with E-state index in [1.54, 1.807) is 36.4 Å². The van der Waals surface area contributed by atoms with Gasteiger partial charge >= 0.3 is 24.4 Å². The number of nitrogens with zero attached hydrogens (tertiary/aromatic N) is 8. The van der Waals surface area contributed by atoms with Gasteiger partial charge in [-0.05, 0) is 90.5 Å². The molecule has 0 radical (unpaired) electrons. The van der Waals surface area contributed by atoms with Gasteiger partial charge in [0.15, 0.2) is 0 Å². The van der Waals surface area contributed by atoms with Gasteiger partial charge in [-0.15, -0.1) is 0 Å². The number of rotatable bonds is 9. The highest BCUT2D eigenvalue weighted by atomic mass is 19.4. The fourth-order valence-electron chi connectivity index (χ4n) is 7.10. The van der Waals surface area contributed by atoms with Crippen molar-refractivity contribution in [3.63, 3.8) is 0 Å². The van der Waals surface area contributed by atoms with Crippen LogP contribution in [0.1, 0.15) is 45.7 Å². The Hall–Kier alpha value is -8.22. The van der Waals surface area contributed by atoms with Crippen LogP contribution in [-0.4, -0.2) is 54.1 Å². The van der Waals surface area contributed by atoms with Crippen LogP contribution >= 0.6 is 0 Å². The van der Waals surface area contributed by atoms with Gasteiger partial charge in [0.2, 0.25) is 0 Å². The number of pyridine rings is 6. The lowest BCUT2D eigenvalue weighted by Crippen LogP contribution is -2.57. The summed E-state index contributed by atoms with van der Waals surface area (Å²) in [5, 5.41) is 7.51. The van der Waals surface area contributed by atoms with E-state index in [-0.39, 0.29) is 22.5 Å². The monoisotopic (exact) mass is 874 g/mol. The number of methoxy groups -OCH3 is 1. The molecule has 322 valence electrons. The van der Waals surface area contributed by atoms with Crippen molar-refractivity contribution < 1.29 is 40.7 Å². The van der Waals surface area contributed by atoms with Crippen LogP contribution in [0.5, 0.6) is 5.75 Å². The molecule has 0 saturated carbocycles. The lowest BCUT2D eigenvalue weighted by atomic mass is 9.97. The quantitative estimate of drug-likeness (QED) is 0.107. The van der Waals surface area contributed by atoms with Crippen LogP contribution < -0.4 is 20.4 Å². The number of fused-ring (bicyclic) bond motifs is 2. The van der Waals surface area contributed by atoms with E-state index in [9.17, 15) is 13.2 Å². The fourth-order valence-corrected chi connectivity index (χ4v) is 7.10. The number of nitrogens with one attached hydrogen (secondary N) is 2. The number of halogens is 6. The summed E-state index contributed by atoms with van der Waals surface area (Å²) in [5.74, 6) is 0.434. The lowest BCUT2D eigenvalue weighted by Gasteiger charge is -2.40. The minimum absolute atomic E-state index is 0.0624. The zero-order chi connectivity index (χ0) is 45.0. The first-order valence-corrected chi connectivity index (χ1v) is 19.1. The van der Waals surface area contributed by atoms with E-state index in [0.717, 1.165) is 42.9 Å². The van der Waals surface area contributed by atoms with Gasteiger partial charge in [0.05, 0.1) is 70.5 Å². The average molecular weight is 875 g/mol. The van der Waals surface area contributed by atoms with Gasteiger partial charge in [-0.2, -0.15) is 31.4 Å². The third-order valence-corrected chi connectivity index (χ3v) is 9.94. The van der Waals surface area contributed by atoms with E-state index in [1.807, 2.05) is 0 Å². The van der Waals surface area contributed by atoms with Crippen molar-refractivity contribution in [3.05, 3.63) is 186 Å². The molecule has 0 aliphatic rings. The highest BCUT2D eigenvalue weighted by molar-refractivity contribution is 5.99. The number of carbonyl (C=O) groups excluding carboxylic acids is 2. The van der Waals surface area contributed by atoms with E-state index in [2.05, 4.69) is 40.5 Å². The number of aromatic nitrogens is 6. The topological polar surface area (TPSA) is 151 Å². The molecule has 0 spiro atoms. The van der Waals surface area contributed by atoms with Crippen molar-refractivity contribution in [1.82, 2.24) is 40.2 Å². The standard InChI is InChI=1S/C45H32F6N10O3/c1-64-33-14-12-28-22-30(24-57-37(28)23-33)41(40-35(45(49,50)51)11-6-20-56-40)61(42(62)58-31-8-3-16-52-25-31)60(32-9-4-17-53-26-32)43(63)59-38(39-34(44(46,47)48)10-5-19-55-39)29-13-15-36-27(21-29)7-2-18-54-36/h2-26,38,41H,1H3,(H,58,62)(H,59,63). The summed E-state index contributed by atoms with van der Waals surface area (Å²) in [6, 6.07) is 17.3. The van der Waals surface area contributed by atoms with Gasteiger partial charge in [-0.1, -0.05) is 12.1 Å². The Balaban J connectivity index is 1.38. The molecule has 0 aliphatic heterocycles. The summed E-state index contributed by atoms with van der Waals surface area (Å²) >= 11 is 0. The van der Waals surface area contributed by atoms with Crippen molar-refractivity contribution in [2.24, 2.45) is 0 Å². The number of hydrogen-bond donors (Lipinski definition) is 2. The maximum atomic E-state index is 15.4. The smallest absolute Gasteiger partial charge is 0.418 e. The second kappa shape index (κ2) is 17.6. The molecule has 2 N–H and O–H groups in total. The zero-order valence-electron chi connectivity index (χ0n) is 33.2. The van der Waals surface area contributed by atoms with E-state index in [4.69, 9.17) is 4.74 Å². The molecule has 8 rings (SSSR count). The first kappa shape index (κ1) is 42.5. The Labute approximate surface area is 359 Å². The molecule has 4 amide bonds. The summed E-state index contributed by atoms with van der Waals surface area (Å²) in [7, 11) is 1.45. The average Bonchev–Trinajstić information content (AvgIpc) is 3.30. The number of benzene rings is 2. The minimum atomic E-state index is -5.06. The predicted octanol–water partition coefficient (Wildman–Crippen LogP) is 9.95. The van der Waals surface area contributed by atoms with Crippen LogP contribution in [0.3, 0.4) is 0 Å². The highest BCUT2D eigenvalue weighted by Crippen LogP contribution is 2.41. The molecule has 0 fully saturated rings. The Kier molecular flexibility index (Phi) is 11.7. The number of anilines is 2. The van der Waals surface area contributed by atoms with Gasteiger partial charge in [-0.25, -0.2) is 14.6 Å². The normalized spacial score (nSPS) is 12.6. The van der Waals surface area contributed by atoms with Crippen molar-refractivity contribution in [2.45, 2.75) is 24.4 Å². The van der Waals surface area contributed by atoms with Crippen LogP contribution in [0, 0.1) is 0 Å². The molecule has 0 saturated heterocycles. The number of carbonyl (C=O) groups is 2. The lowest BCUT2D eigenvalue weighted by molar-refractivity contribution is -0.139.